The summed E-state index contributed by atoms with van der Waals surface area (Å²) >= 11 is 0. The van der Waals surface area contributed by atoms with Gasteiger partial charge < -0.3 is 35.2 Å². The SMILES string of the molecule is CC(=O)C(O)[C@H]1O[C@H](O)[C@@](O)(C(C)=O)[C@H](NC(=O)OCc2ccccc2)[C@@]1(O)C(C)=O. The molecule has 1 aliphatic heterocycles. The lowest BCUT2D eigenvalue weighted by atomic mass is 9.69. The highest BCUT2D eigenvalue weighted by atomic mass is 16.6. The van der Waals surface area contributed by atoms with Crippen LogP contribution < -0.4 is 5.32 Å². The number of ketones is 3. The molecular formula is C20H25NO10. The molecule has 1 aromatic rings. The van der Waals surface area contributed by atoms with Crippen molar-refractivity contribution < 1.29 is 49.1 Å². The molecule has 0 saturated carbocycles. The molecule has 31 heavy (non-hydrogen) atoms. The Bertz CT molecular complexity index is 859. The third kappa shape index (κ3) is 4.50. The molecular weight excluding hydrogens is 414 g/mol. The molecule has 1 heterocycles. The third-order valence-corrected chi connectivity index (χ3v) is 5.27. The highest BCUT2D eigenvalue weighted by Crippen LogP contribution is 2.39. The summed E-state index contributed by atoms with van der Waals surface area (Å²) in [5.41, 5.74) is -5.38. The maximum Gasteiger partial charge on any atom is 0.407 e. The predicted octanol–water partition coefficient (Wildman–Crippen LogP) is -1.41. The van der Waals surface area contributed by atoms with Crippen LogP contribution in [-0.2, 0) is 30.5 Å². The number of rotatable bonds is 7. The lowest BCUT2D eigenvalue weighted by Crippen LogP contribution is -2.82. The van der Waals surface area contributed by atoms with Crippen molar-refractivity contribution in [3.05, 3.63) is 35.9 Å². The van der Waals surface area contributed by atoms with Gasteiger partial charge in [0.05, 0.1) is 0 Å². The minimum absolute atomic E-state index is 0.227. The molecule has 0 spiro atoms. The van der Waals surface area contributed by atoms with E-state index in [9.17, 15) is 39.6 Å². The first-order valence-corrected chi connectivity index (χ1v) is 9.32. The predicted molar refractivity (Wildman–Crippen MR) is 102 cm³/mol. The molecule has 11 heteroatoms. The van der Waals surface area contributed by atoms with Crippen LogP contribution in [0, 0.1) is 0 Å². The number of nitrogens with one attached hydrogen (secondary N) is 1. The summed E-state index contributed by atoms with van der Waals surface area (Å²) in [6.07, 6.45) is -7.87. The van der Waals surface area contributed by atoms with Crippen molar-refractivity contribution in [3.8, 4) is 0 Å². The van der Waals surface area contributed by atoms with Crippen LogP contribution in [0.4, 0.5) is 4.79 Å². The van der Waals surface area contributed by atoms with Crippen LogP contribution in [0.5, 0.6) is 0 Å². The molecule has 1 aliphatic rings. The number of carbonyl (C=O) groups excluding carboxylic acids is 4. The van der Waals surface area contributed by atoms with Gasteiger partial charge in [-0.1, -0.05) is 30.3 Å². The van der Waals surface area contributed by atoms with Crippen molar-refractivity contribution in [3.63, 3.8) is 0 Å². The highest BCUT2D eigenvalue weighted by molar-refractivity contribution is 5.94. The zero-order chi connectivity index (χ0) is 23.6. The van der Waals surface area contributed by atoms with E-state index < -0.39 is 59.2 Å². The van der Waals surface area contributed by atoms with Gasteiger partial charge in [-0.3, -0.25) is 14.4 Å². The number of benzene rings is 1. The average Bonchev–Trinajstić information content (AvgIpc) is 2.72. The monoisotopic (exact) mass is 439 g/mol. The quantitative estimate of drug-likeness (QED) is 0.339. The van der Waals surface area contributed by atoms with Gasteiger partial charge >= 0.3 is 6.09 Å². The summed E-state index contributed by atoms with van der Waals surface area (Å²) in [5.74, 6) is -3.25. The fourth-order valence-corrected chi connectivity index (χ4v) is 3.40. The number of carbonyl (C=O) groups is 4. The van der Waals surface area contributed by atoms with Crippen molar-refractivity contribution >= 4 is 23.4 Å². The molecule has 1 unspecified atom stereocenters. The second-order valence-corrected chi connectivity index (χ2v) is 7.37. The minimum atomic E-state index is -3.00. The molecule has 0 aliphatic carbocycles. The number of aliphatic hydroxyl groups excluding tert-OH is 2. The van der Waals surface area contributed by atoms with Gasteiger partial charge in [-0.25, -0.2) is 4.79 Å². The molecule has 1 saturated heterocycles. The molecule has 5 N–H and O–H groups in total. The second-order valence-electron chi connectivity index (χ2n) is 7.37. The Balaban J connectivity index is 2.44. The van der Waals surface area contributed by atoms with Crippen LogP contribution >= 0.6 is 0 Å². The Morgan fingerprint density at radius 1 is 1.06 bits per heavy atom. The number of hydrogen-bond acceptors (Lipinski definition) is 10. The van der Waals surface area contributed by atoms with Crippen LogP contribution in [0.1, 0.15) is 26.3 Å². The zero-order valence-corrected chi connectivity index (χ0v) is 17.1. The van der Waals surface area contributed by atoms with Crippen LogP contribution in [0.3, 0.4) is 0 Å². The number of aliphatic hydroxyl groups is 4. The number of ether oxygens (including phenoxy) is 2. The molecule has 1 aromatic carbocycles. The summed E-state index contributed by atoms with van der Waals surface area (Å²) in [7, 11) is 0. The van der Waals surface area contributed by atoms with E-state index in [4.69, 9.17) is 9.47 Å². The first kappa shape index (κ1) is 24.6. The minimum Gasteiger partial charge on any atom is -0.445 e. The fourth-order valence-electron chi connectivity index (χ4n) is 3.40. The van der Waals surface area contributed by atoms with Gasteiger partial charge in [0.25, 0.3) is 0 Å². The Morgan fingerprint density at radius 3 is 2.10 bits per heavy atom. The summed E-state index contributed by atoms with van der Waals surface area (Å²) in [4.78, 5) is 48.6. The van der Waals surface area contributed by atoms with Crippen LogP contribution in [0.2, 0.25) is 0 Å². The smallest absolute Gasteiger partial charge is 0.407 e. The molecule has 2 rings (SSSR count). The summed E-state index contributed by atoms with van der Waals surface area (Å²) in [5, 5.41) is 44.5. The molecule has 0 radical (unpaired) electrons. The topological polar surface area (TPSA) is 180 Å². The van der Waals surface area contributed by atoms with Crippen LogP contribution in [0.15, 0.2) is 30.3 Å². The van der Waals surface area contributed by atoms with Crippen LogP contribution in [0.25, 0.3) is 0 Å². The first-order chi connectivity index (χ1) is 14.4. The number of Topliss-reactive ketones (excluding diaryl/α,β-unsaturated/α-hetero) is 3. The van der Waals surface area contributed by atoms with Crippen molar-refractivity contribution in [1.82, 2.24) is 5.32 Å². The number of hydrogen-bond donors (Lipinski definition) is 5. The average molecular weight is 439 g/mol. The largest absolute Gasteiger partial charge is 0.445 e. The van der Waals surface area contributed by atoms with E-state index in [0.29, 0.717) is 5.56 Å². The normalized spacial score (nSPS) is 31.4. The molecule has 0 aromatic heterocycles. The van der Waals surface area contributed by atoms with Crippen LogP contribution in [-0.4, -0.2) is 79.6 Å². The lowest BCUT2D eigenvalue weighted by Gasteiger charge is -2.53. The number of alkyl carbamates (subject to hydrolysis) is 1. The van der Waals surface area contributed by atoms with Gasteiger partial charge in [-0.05, 0) is 26.3 Å². The second kappa shape index (κ2) is 9.20. The van der Waals surface area contributed by atoms with E-state index in [2.05, 4.69) is 0 Å². The Morgan fingerprint density at radius 2 is 1.61 bits per heavy atom. The molecule has 1 amide bonds. The Labute approximate surface area is 177 Å². The molecule has 11 nitrogen and oxygen atoms in total. The van der Waals surface area contributed by atoms with Crippen molar-refractivity contribution in [2.24, 2.45) is 0 Å². The van der Waals surface area contributed by atoms with E-state index in [1.807, 2.05) is 5.32 Å². The van der Waals surface area contributed by atoms with Gasteiger partial charge in [0.1, 0.15) is 24.9 Å². The van der Waals surface area contributed by atoms with Crippen molar-refractivity contribution in [1.29, 1.82) is 0 Å². The Kier molecular flexibility index (Phi) is 7.29. The highest BCUT2D eigenvalue weighted by Gasteiger charge is 2.69. The summed E-state index contributed by atoms with van der Waals surface area (Å²) in [6.45, 7) is 2.38. The van der Waals surface area contributed by atoms with Gasteiger partial charge in [0.2, 0.25) is 0 Å². The van der Waals surface area contributed by atoms with Gasteiger partial charge in [0, 0.05) is 0 Å². The maximum atomic E-state index is 12.4. The van der Waals surface area contributed by atoms with E-state index in [0.717, 1.165) is 20.8 Å². The number of amides is 1. The van der Waals surface area contributed by atoms with E-state index >= 15 is 0 Å². The van der Waals surface area contributed by atoms with Crippen molar-refractivity contribution in [2.45, 2.75) is 63.1 Å². The van der Waals surface area contributed by atoms with Gasteiger partial charge in [-0.15, -0.1) is 0 Å². The standard InChI is InChI=1S/C20H25NO10/c1-10(22)14(25)15-19(28,11(2)23)16(20(29,12(3)24)17(26)31-15)21-18(27)30-9-13-7-5-4-6-8-13/h4-8,14-17,25-26,28-29H,9H2,1-3H3,(H,21,27)/t14?,15-,16-,17+,19-,20-/m1/s1. The van der Waals surface area contributed by atoms with E-state index in [1.165, 1.54) is 0 Å². The Hall–Kier alpha value is -2.70. The third-order valence-electron chi connectivity index (χ3n) is 5.27. The van der Waals surface area contributed by atoms with E-state index in [-0.39, 0.29) is 6.61 Å². The van der Waals surface area contributed by atoms with Gasteiger partial charge in [0.15, 0.2) is 34.8 Å². The molecule has 0 bridgehead atoms. The first-order valence-electron chi connectivity index (χ1n) is 9.32. The molecule has 1 fully saturated rings. The molecule has 6 atom stereocenters. The fraction of sp³-hybridized carbons (Fsp3) is 0.500. The maximum absolute atomic E-state index is 12.4. The van der Waals surface area contributed by atoms with Gasteiger partial charge in [-0.2, -0.15) is 0 Å². The molecule has 170 valence electrons. The lowest BCUT2D eigenvalue weighted by molar-refractivity contribution is -0.316. The summed E-state index contributed by atoms with van der Waals surface area (Å²) < 4.78 is 9.96. The summed E-state index contributed by atoms with van der Waals surface area (Å²) in [6, 6.07) is 6.23. The zero-order valence-electron chi connectivity index (χ0n) is 17.1. The van der Waals surface area contributed by atoms with Crippen molar-refractivity contribution in [2.75, 3.05) is 0 Å². The van der Waals surface area contributed by atoms with E-state index in [1.54, 1.807) is 30.3 Å².